The first-order chi connectivity index (χ1) is 6.74. The van der Waals surface area contributed by atoms with Crippen molar-refractivity contribution in [3.05, 3.63) is 22.4 Å². The summed E-state index contributed by atoms with van der Waals surface area (Å²) in [6.45, 7) is 1.30. The Kier molecular flexibility index (Phi) is 4.42. The van der Waals surface area contributed by atoms with Gasteiger partial charge in [0.1, 0.15) is 6.61 Å². The van der Waals surface area contributed by atoms with Crippen molar-refractivity contribution in [2.24, 2.45) is 5.73 Å². The van der Waals surface area contributed by atoms with Crippen LogP contribution in [0, 0.1) is 0 Å². The van der Waals surface area contributed by atoms with Gasteiger partial charge in [0.15, 0.2) is 0 Å². The third-order valence-corrected chi connectivity index (χ3v) is 2.54. The molecule has 2 N–H and O–H groups in total. The van der Waals surface area contributed by atoms with Crippen LogP contribution in [0.1, 0.15) is 4.88 Å². The van der Waals surface area contributed by atoms with Gasteiger partial charge in [-0.2, -0.15) is 0 Å². The Morgan fingerprint density at radius 3 is 3.07 bits per heavy atom. The van der Waals surface area contributed by atoms with Crippen molar-refractivity contribution < 1.29 is 9.53 Å². The van der Waals surface area contributed by atoms with E-state index in [1.54, 1.807) is 18.4 Å². The maximum absolute atomic E-state index is 11.3. The largest absolute Gasteiger partial charge is 0.444 e. The minimum Gasteiger partial charge on any atom is -0.444 e. The highest BCUT2D eigenvalue weighted by Crippen LogP contribution is 2.10. The summed E-state index contributed by atoms with van der Waals surface area (Å²) < 4.78 is 5.04. The molecule has 14 heavy (non-hydrogen) atoms. The first-order valence-corrected chi connectivity index (χ1v) is 5.22. The maximum Gasteiger partial charge on any atom is 0.409 e. The Balaban J connectivity index is 2.27. The highest BCUT2D eigenvalue weighted by Gasteiger charge is 2.08. The molecule has 78 valence electrons. The third-order valence-electron chi connectivity index (χ3n) is 1.69. The number of rotatable bonds is 4. The van der Waals surface area contributed by atoms with Crippen molar-refractivity contribution >= 4 is 17.4 Å². The van der Waals surface area contributed by atoms with Crippen molar-refractivity contribution in [1.29, 1.82) is 0 Å². The minimum atomic E-state index is -0.330. The van der Waals surface area contributed by atoms with Gasteiger partial charge < -0.3 is 15.4 Å². The van der Waals surface area contributed by atoms with Crippen molar-refractivity contribution in [1.82, 2.24) is 4.90 Å². The van der Waals surface area contributed by atoms with Gasteiger partial charge in [0, 0.05) is 25.0 Å². The zero-order valence-corrected chi connectivity index (χ0v) is 8.92. The van der Waals surface area contributed by atoms with Gasteiger partial charge >= 0.3 is 6.09 Å². The summed E-state index contributed by atoms with van der Waals surface area (Å²) in [5, 5.41) is 1.95. The Morgan fingerprint density at radius 2 is 2.50 bits per heavy atom. The smallest absolute Gasteiger partial charge is 0.409 e. The molecule has 0 spiro atoms. The van der Waals surface area contributed by atoms with Crippen molar-refractivity contribution in [2.75, 3.05) is 20.1 Å². The average molecular weight is 214 g/mol. The fourth-order valence-electron chi connectivity index (χ4n) is 0.923. The molecular formula is C9H14N2O2S. The molecular weight excluding hydrogens is 200 g/mol. The molecule has 1 aromatic rings. The average Bonchev–Trinajstić information content (AvgIpc) is 2.67. The van der Waals surface area contributed by atoms with Gasteiger partial charge in [-0.3, -0.25) is 0 Å². The number of hydrogen-bond acceptors (Lipinski definition) is 4. The van der Waals surface area contributed by atoms with E-state index in [0.717, 1.165) is 4.88 Å². The van der Waals surface area contributed by atoms with Crippen LogP contribution in [0.5, 0.6) is 0 Å². The summed E-state index contributed by atoms with van der Waals surface area (Å²) in [5.74, 6) is 0. The molecule has 0 aliphatic heterocycles. The van der Waals surface area contributed by atoms with Gasteiger partial charge in [0.2, 0.25) is 0 Å². The maximum atomic E-state index is 11.3. The van der Waals surface area contributed by atoms with Crippen LogP contribution in [0.25, 0.3) is 0 Å². The number of carbonyl (C=O) groups is 1. The molecule has 1 heterocycles. The zero-order valence-electron chi connectivity index (χ0n) is 8.10. The highest BCUT2D eigenvalue weighted by molar-refractivity contribution is 7.09. The van der Waals surface area contributed by atoms with Crippen LogP contribution >= 0.6 is 11.3 Å². The van der Waals surface area contributed by atoms with E-state index in [-0.39, 0.29) is 6.09 Å². The van der Waals surface area contributed by atoms with Crippen LogP contribution in [0.2, 0.25) is 0 Å². The molecule has 0 radical (unpaired) electrons. The quantitative estimate of drug-likeness (QED) is 0.821. The monoisotopic (exact) mass is 214 g/mol. The van der Waals surface area contributed by atoms with Gasteiger partial charge in [-0.05, 0) is 11.4 Å². The number of thiophene rings is 1. The molecule has 1 rings (SSSR count). The third kappa shape index (κ3) is 3.35. The van der Waals surface area contributed by atoms with E-state index in [9.17, 15) is 4.79 Å². The van der Waals surface area contributed by atoms with Crippen LogP contribution in [-0.4, -0.2) is 31.1 Å². The lowest BCUT2D eigenvalue weighted by molar-refractivity contribution is 0.106. The molecule has 5 heteroatoms. The molecule has 0 saturated carbocycles. The van der Waals surface area contributed by atoms with Crippen molar-refractivity contribution in [3.8, 4) is 0 Å². The number of carbonyl (C=O) groups excluding carboxylic acids is 1. The highest BCUT2D eigenvalue weighted by atomic mass is 32.1. The number of hydrogen-bond donors (Lipinski definition) is 1. The van der Waals surface area contributed by atoms with Gasteiger partial charge in [0.25, 0.3) is 0 Å². The standard InChI is InChI=1S/C9H14N2O2S/c1-11(5-4-10)9(12)13-7-8-3-2-6-14-8/h2-3,6H,4-5,7,10H2,1H3. The van der Waals surface area contributed by atoms with Crippen molar-refractivity contribution in [3.63, 3.8) is 0 Å². The fraction of sp³-hybridized carbons (Fsp3) is 0.444. The predicted octanol–water partition coefficient (Wildman–Crippen LogP) is 1.28. The topological polar surface area (TPSA) is 55.6 Å². The summed E-state index contributed by atoms with van der Waals surface area (Å²) in [4.78, 5) is 13.8. The molecule has 0 unspecified atom stereocenters. The Labute approximate surface area is 87.3 Å². The van der Waals surface area contributed by atoms with E-state index in [4.69, 9.17) is 10.5 Å². The lowest BCUT2D eigenvalue weighted by atomic mass is 10.5. The van der Waals surface area contributed by atoms with Crippen LogP contribution < -0.4 is 5.73 Å². The molecule has 4 nitrogen and oxygen atoms in total. The van der Waals surface area contributed by atoms with E-state index in [2.05, 4.69) is 0 Å². The van der Waals surface area contributed by atoms with Gasteiger partial charge in [-0.1, -0.05) is 6.07 Å². The molecule has 0 aliphatic rings. The number of nitrogens with two attached hydrogens (primary N) is 1. The van der Waals surface area contributed by atoms with Crippen LogP contribution in [0.4, 0.5) is 4.79 Å². The predicted molar refractivity (Wildman–Crippen MR) is 56.2 cm³/mol. The van der Waals surface area contributed by atoms with Crippen LogP contribution in [0.3, 0.4) is 0 Å². The molecule has 0 aliphatic carbocycles. The van der Waals surface area contributed by atoms with E-state index in [1.165, 1.54) is 4.90 Å². The lowest BCUT2D eigenvalue weighted by Crippen LogP contribution is -2.31. The summed E-state index contributed by atoms with van der Waals surface area (Å²) in [6, 6.07) is 3.86. The van der Waals surface area contributed by atoms with Gasteiger partial charge in [-0.15, -0.1) is 11.3 Å². The van der Waals surface area contributed by atoms with Gasteiger partial charge in [-0.25, -0.2) is 4.79 Å². The van der Waals surface area contributed by atoms with Crippen LogP contribution in [-0.2, 0) is 11.3 Å². The second-order valence-corrected chi connectivity index (χ2v) is 3.88. The van der Waals surface area contributed by atoms with E-state index in [0.29, 0.717) is 19.7 Å². The van der Waals surface area contributed by atoms with E-state index in [1.807, 2.05) is 17.5 Å². The summed E-state index contributed by atoms with van der Waals surface area (Å²) in [5.41, 5.74) is 5.31. The van der Waals surface area contributed by atoms with Crippen molar-refractivity contribution in [2.45, 2.75) is 6.61 Å². The summed E-state index contributed by atoms with van der Waals surface area (Å²) in [6.07, 6.45) is -0.330. The molecule has 0 aromatic carbocycles. The molecule has 0 bridgehead atoms. The number of amides is 1. The SMILES string of the molecule is CN(CCN)C(=O)OCc1cccs1. The lowest BCUT2D eigenvalue weighted by Gasteiger charge is -2.15. The molecule has 1 aromatic heterocycles. The Bertz CT molecular complexity index is 274. The number of nitrogens with zero attached hydrogens (tertiary/aromatic N) is 1. The minimum absolute atomic E-state index is 0.330. The second kappa shape index (κ2) is 5.62. The van der Waals surface area contributed by atoms with E-state index >= 15 is 0 Å². The molecule has 0 fully saturated rings. The van der Waals surface area contributed by atoms with Gasteiger partial charge in [0.05, 0.1) is 0 Å². The summed E-state index contributed by atoms with van der Waals surface area (Å²) in [7, 11) is 1.67. The van der Waals surface area contributed by atoms with E-state index < -0.39 is 0 Å². The number of ether oxygens (including phenoxy) is 1. The molecule has 1 amide bonds. The second-order valence-electron chi connectivity index (χ2n) is 2.84. The zero-order chi connectivity index (χ0) is 10.4. The Hall–Kier alpha value is -1.07. The van der Waals surface area contributed by atoms with Crippen LogP contribution in [0.15, 0.2) is 17.5 Å². The fourth-order valence-corrected chi connectivity index (χ4v) is 1.54. The first-order valence-electron chi connectivity index (χ1n) is 4.34. The Morgan fingerprint density at radius 1 is 1.71 bits per heavy atom. The molecule has 0 saturated heterocycles. The first kappa shape index (κ1) is 11.0. The number of likely N-dealkylation sites (N-methyl/N-ethyl adjacent to an activating group) is 1. The molecule has 0 atom stereocenters. The summed E-state index contributed by atoms with van der Waals surface area (Å²) >= 11 is 1.57. The normalized spacial score (nSPS) is 9.86.